The van der Waals surface area contributed by atoms with Gasteiger partial charge in [0.25, 0.3) is 0 Å². The summed E-state index contributed by atoms with van der Waals surface area (Å²) in [6, 6.07) is 10.9. The lowest BCUT2D eigenvalue weighted by Gasteiger charge is -2.26. The molecule has 0 saturated heterocycles. The summed E-state index contributed by atoms with van der Waals surface area (Å²) < 4.78 is 14.0. The molecule has 0 saturated carbocycles. The number of pyridine rings is 1. The van der Waals surface area contributed by atoms with Crippen LogP contribution in [-0.2, 0) is 24.4 Å². The molecule has 7 nitrogen and oxygen atoms in total. The van der Waals surface area contributed by atoms with Crippen molar-refractivity contribution in [1.82, 2.24) is 14.5 Å². The summed E-state index contributed by atoms with van der Waals surface area (Å²) in [5.74, 6) is 1.41. The van der Waals surface area contributed by atoms with Gasteiger partial charge in [-0.2, -0.15) is 0 Å². The number of rotatable bonds is 7. The molecule has 1 aliphatic rings. The molecule has 31 heavy (non-hydrogen) atoms. The summed E-state index contributed by atoms with van der Waals surface area (Å²) in [7, 11) is -1.11. The van der Waals surface area contributed by atoms with Gasteiger partial charge in [0.1, 0.15) is 23.9 Å². The number of ether oxygens (including phenoxy) is 2. The Morgan fingerprint density at radius 3 is 2.81 bits per heavy atom. The van der Waals surface area contributed by atoms with Crippen molar-refractivity contribution in [3.63, 3.8) is 0 Å². The lowest BCUT2D eigenvalue weighted by atomic mass is 10.00. The SMILES string of the molecule is C[Si](C)(C)CCOCn1ccc2c(Oc3ccc4c(c3)CN(C(=O)O)CC4)ccnc21. The Morgan fingerprint density at radius 1 is 1.19 bits per heavy atom. The molecule has 1 aromatic carbocycles. The maximum absolute atomic E-state index is 11.3. The van der Waals surface area contributed by atoms with E-state index in [-0.39, 0.29) is 0 Å². The van der Waals surface area contributed by atoms with Gasteiger partial charge in [-0.1, -0.05) is 25.7 Å². The van der Waals surface area contributed by atoms with E-state index in [1.165, 1.54) is 10.5 Å². The maximum atomic E-state index is 11.3. The first-order valence-corrected chi connectivity index (χ1v) is 14.3. The van der Waals surface area contributed by atoms with Crippen molar-refractivity contribution in [1.29, 1.82) is 0 Å². The molecular formula is C23H29N3O4Si. The van der Waals surface area contributed by atoms with Crippen molar-refractivity contribution in [3.05, 3.63) is 53.9 Å². The predicted octanol–water partition coefficient (Wildman–Crippen LogP) is 5.18. The first kappa shape index (κ1) is 21.4. The zero-order valence-electron chi connectivity index (χ0n) is 18.3. The van der Waals surface area contributed by atoms with Gasteiger partial charge in [-0.3, -0.25) is 0 Å². The number of carbonyl (C=O) groups is 1. The molecule has 0 bridgehead atoms. The summed E-state index contributed by atoms with van der Waals surface area (Å²) in [4.78, 5) is 17.2. The number of amides is 1. The molecule has 0 fully saturated rings. The molecule has 0 radical (unpaired) electrons. The van der Waals surface area contributed by atoms with Crippen LogP contribution in [0.5, 0.6) is 11.5 Å². The molecule has 3 heterocycles. The minimum Gasteiger partial charge on any atom is -0.465 e. The first-order chi connectivity index (χ1) is 14.8. The van der Waals surface area contributed by atoms with Crippen LogP contribution in [-0.4, -0.2) is 46.9 Å². The largest absolute Gasteiger partial charge is 0.465 e. The summed E-state index contributed by atoms with van der Waals surface area (Å²) in [6.07, 6.45) is 3.54. The van der Waals surface area contributed by atoms with Crippen molar-refractivity contribution < 1.29 is 19.4 Å². The van der Waals surface area contributed by atoms with Crippen molar-refractivity contribution in [2.45, 2.75) is 45.4 Å². The van der Waals surface area contributed by atoms with Crippen LogP contribution in [0, 0.1) is 0 Å². The van der Waals surface area contributed by atoms with E-state index in [1.54, 1.807) is 6.20 Å². The third kappa shape index (κ3) is 5.08. The van der Waals surface area contributed by atoms with E-state index in [9.17, 15) is 9.90 Å². The molecule has 0 atom stereocenters. The Balaban J connectivity index is 1.49. The van der Waals surface area contributed by atoms with Gasteiger partial charge < -0.3 is 24.0 Å². The Bertz CT molecular complexity index is 1090. The highest BCUT2D eigenvalue weighted by Crippen LogP contribution is 2.32. The van der Waals surface area contributed by atoms with E-state index in [0.29, 0.717) is 25.6 Å². The molecule has 8 heteroatoms. The third-order valence-electron chi connectivity index (χ3n) is 5.54. The van der Waals surface area contributed by atoms with E-state index in [0.717, 1.165) is 41.4 Å². The topological polar surface area (TPSA) is 76.8 Å². The maximum Gasteiger partial charge on any atom is 0.407 e. The molecule has 0 unspecified atom stereocenters. The van der Waals surface area contributed by atoms with Crippen molar-refractivity contribution in [3.8, 4) is 11.5 Å². The Labute approximate surface area is 183 Å². The van der Waals surface area contributed by atoms with Crippen LogP contribution in [0.3, 0.4) is 0 Å². The fraction of sp³-hybridized carbons (Fsp3) is 0.391. The van der Waals surface area contributed by atoms with Crippen molar-refractivity contribution in [2.75, 3.05) is 13.2 Å². The lowest BCUT2D eigenvalue weighted by molar-refractivity contribution is 0.0899. The molecule has 4 rings (SSSR count). The van der Waals surface area contributed by atoms with Crippen LogP contribution in [0.1, 0.15) is 11.1 Å². The summed E-state index contributed by atoms with van der Waals surface area (Å²) in [5, 5.41) is 10.2. The van der Waals surface area contributed by atoms with Crippen molar-refractivity contribution in [2.24, 2.45) is 0 Å². The van der Waals surface area contributed by atoms with E-state index >= 15 is 0 Å². The quantitative estimate of drug-likeness (QED) is 0.406. The molecule has 1 amide bonds. The van der Waals surface area contributed by atoms with Gasteiger partial charge in [0.05, 0.1) is 5.39 Å². The standard InChI is InChI=1S/C23H29N3O4Si/c1-31(2,3)13-12-29-16-26-11-8-20-21(6-9-24-22(20)26)30-19-5-4-17-7-10-25(23(27)28)15-18(17)14-19/h4-6,8-9,11,14H,7,10,12-13,15-16H2,1-3H3,(H,27,28). The molecule has 1 N–H and O–H groups in total. The van der Waals surface area contributed by atoms with E-state index in [2.05, 4.69) is 24.6 Å². The average molecular weight is 440 g/mol. The Morgan fingerprint density at radius 2 is 2.03 bits per heavy atom. The van der Waals surface area contributed by atoms with Gasteiger partial charge in [0.15, 0.2) is 0 Å². The molecule has 0 aliphatic carbocycles. The number of aromatic nitrogens is 2. The van der Waals surface area contributed by atoms with Gasteiger partial charge in [0.2, 0.25) is 0 Å². The van der Waals surface area contributed by atoms with Crippen molar-refractivity contribution >= 4 is 25.2 Å². The second-order valence-electron chi connectivity index (χ2n) is 9.17. The molecule has 164 valence electrons. The molecule has 0 spiro atoms. The predicted molar refractivity (Wildman–Crippen MR) is 122 cm³/mol. The smallest absolute Gasteiger partial charge is 0.407 e. The van der Waals surface area contributed by atoms with Crippen LogP contribution in [0.2, 0.25) is 25.7 Å². The summed E-state index contributed by atoms with van der Waals surface area (Å²) in [6.45, 7) is 9.16. The number of hydrogen-bond donors (Lipinski definition) is 1. The second-order valence-corrected chi connectivity index (χ2v) is 14.8. The highest BCUT2D eigenvalue weighted by atomic mass is 28.3. The minimum absolute atomic E-state index is 0.388. The van der Waals surface area contributed by atoms with E-state index in [1.807, 2.05) is 41.1 Å². The zero-order valence-corrected chi connectivity index (χ0v) is 19.3. The van der Waals surface area contributed by atoms with Crippen LogP contribution in [0.15, 0.2) is 42.7 Å². The monoisotopic (exact) mass is 439 g/mol. The zero-order chi connectivity index (χ0) is 22.0. The van der Waals surface area contributed by atoms with Gasteiger partial charge in [-0.05, 0) is 47.9 Å². The highest BCUT2D eigenvalue weighted by molar-refractivity contribution is 6.76. The number of nitrogens with zero attached hydrogens (tertiary/aromatic N) is 3. The third-order valence-corrected chi connectivity index (χ3v) is 7.24. The van der Waals surface area contributed by atoms with Gasteiger partial charge in [-0.25, -0.2) is 9.78 Å². The van der Waals surface area contributed by atoms with E-state index < -0.39 is 14.2 Å². The molecular weight excluding hydrogens is 410 g/mol. The normalized spacial score (nSPS) is 14.0. The van der Waals surface area contributed by atoms with Crippen LogP contribution < -0.4 is 4.74 Å². The minimum atomic E-state index is -1.11. The molecule has 2 aromatic heterocycles. The highest BCUT2D eigenvalue weighted by Gasteiger charge is 2.20. The van der Waals surface area contributed by atoms with E-state index in [4.69, 9.17) is 9.47 Å². The Kier molecular flexibility index (Phi) is 6.02. The Hall–Kier alpha value is -2.84. The summed E-state index contributed by atoms with van der Waals surface area (Å²) in [5.41, 5.74) is 2.98. The number of carboxylic acid groups (broad SMARTS) is 1. The fourth-order valence-electron chi connectivity index (χ4n) is 3.69. The van der Waals surface area contributed by atoms with Crippen LogP contribution >= 0.6 is 0 Å². The number of hydrogen-bond acceptors (Lipinski definition) is 4. The van der Waals surface area contributed by atoms with Gasteiger partial charge in [-0.15, -0.1) is 0 Å². The number of fused-ring (bicyclic) bond motifs is 2. The number of benzene rings is 1. The van der Waals surface area contributed by atoms with Crippen LogP contribution in [0.4, 0.5) is 4.79 Å². The fourth-order valence-corrected chi connectivity index (χ4v) is 4.44. The second kappa shape index (κ2) is 8.72. The van der Waals surface area contributed by atoms with Crippen LogP contribution in [0.25, 0.3) is 11.0 Å². The molecule has 3 aromatic rings. The van der Waals surface area contributed by atoms with Gasteiger partial charge in [0, 0.05) is 40.2 Å². The van der Waals surface area contributed by atoms with Gasteiger partial charge >= 0.3 is 6.09 Å². The molecule has 1 aliphatic heterocycles. The summed E-state index contributed by atoms with van der Waals surface area (Å²) >= 11 is 0. The first-order valence-electron chi connectivity index (χ1n) is 10.6. The average Bonchev–Trinajstić information content (AvgIpc) is 3.14. The lowest BCUT2D eigenvalue weighted by Crippen LogP contribution is -2.34.